The molecule has 1 aromatic rings. The molecule has 110 valence electrons. The Morgan fingerprint density at radius 3 is 2.65 bits per heavy atom. The lowest BCUT2D eigenvalue weighted by Crippen LogP contribution is -2.32. The molecule has 3 nitrogen and oxygen atoms in total. The minimum Gasteiger partial charge on any atom is -0.496 e. The third-order valence-corrected chi connectivity index (χ3v) is 3.54. The average molecular weight is 351 g/mol. The van der Waals surface area contributed by atoms with Crippen molar-refractivity contribution < 1.29 is 17.9 Å². The van der Waals surface area contributed by atoms with E-state index >= 15 is 0 Å². The van der Waals surface area contributed by atoms with Crippen LogP contribution in [0.3, 0.4) is 0 Å². The second-order valence-corrected chi connectivity index (χ2v) is 5.34. The molecule has 0 saturated heterocycles. The van der Waals surface area contributed by atoms with E-state index in [-0.39, 0.29) is 5.56 Å². The topological polar surface area (TPSA) is 47.3 Å². The van der Waals surface area contributed by atoms with Gasteiger partial charge < -0.3 is 4.74 Å². The zero-order valence-electron chi connectivity index (χ0n) is 10.5. The first-order chi connectivity index (χ1) is 9.43. The Bertz CT molecular complexity index is 517. The van der Waals surface area contributed by atoms with Crippen molar-refractivity contribution in [2.45, 2.75) is 25.1 Å². The van der Waals surface area contributed by atoms with E-state index in [1.807, 2.05) is 0 Å². The highest BCUT2D eigenvalue weighted by Gasteiger charge is 2.36. The average Bonchev–Trinajstić information content (AvgIpc) is 2.41. The molecule has 1 aliphatic heterocycles. The molecule has 7 heteroatoms. The fourth-order valence-corrected chi connectivity index (χ4v) is 2.49. The molecule has 2 rings (SSSR count). The maximum Gasteiger partial charge on any atom is 0.416 e. The number of hydrogen-bond donors (Lipinski definition) is 2. The lowest BCUT2D eigenvalue weighted by atomic mass is 9.97. The van der Waals surface area contributed by atoms with E-state index < -0.39 is 17.8 Å². The van der Waals surface area contributed by atoms with Crippen LogP contribution in [0.25, 0.3) is 0 Å². The molecule has 0 bridgehead atoms. The Morgan fingerprint density at radius 2 is 2.10 bits per heavy atom. The second kappa shape index (κ2) is 6.15. The van der Waals surface area contributed by atoms with Gasteiger partial charge in [0.05, 0.1) is 12.2 Å². The molecule has 1 aromatic carbocycles. The maximum absolute atomic E-state index is 13.1. The number of nitrogens with two attached hydrogens (primary N) is 1. The fraction of sp³-hybridized carbons (Fsp3) is 0.385. The molecule has 0 radical (unpaired) electrons. The SMILES string of the molecule is NNC(C1=CCCCO1)c1ccc(Br)cc1C(F)(F)F. The molecule has 0 aliphatic carbocycles. The number of alkyl halides is 3. The highest BCUT2D eigenvalue weighted by atomic mass is 79.9. The summed E-state index contributed by atoms with van der Waals surface area (Å²) in [6.45, 7) is 0.488. The molecule has 1 atom stereocenters. The van der Waals surface area contributed by atoms with Crippen molar-refractivity contribution in [1.29, 1.82) is 0 Å². The molecule has 0 aromatic heterocycles. The van der Waals surface area contributed by atoms with E-state index in [2.05, 4.69) is 21.4 Å². The van der Waals surface area contributed by atoms with Crippen LogP contribution in [0.2, 0.25) is 0 Å². The minimum atomic E-state index is -4.45. The summed E-state index contributed by atoms with van der Waals surface area (Å²) in [5, 5.41) is 0. The predicted molar refractivity (Wildman–Crippen MR) is 72.5 cm³/mol. The van der Waals surface area contributed by atoms with Gasteiger partial charge in [0.2, 0.25) is 0 Å². The van der Waals surface area contributed by atoms with Gasteiger partial charge in [-0.2, -0.15) is 13.2 Å². The van der Waals surface area contributed by atoms with Gasteiger partial charge in [-0.15, -0.1) is 0 Å². The largest absolute Gasteiger partial charge is 0.496 e. The number of benzene rings is 1. The number of nitrogens with one attached hydrogen (secondary N) is 1. The zero-order chi connectivity index (χ0) is 14.8. The smallest absolute Gasteiger partial charge is 0.416 e. The molecule has 3 N–H and O–H groups in total. The lowest BCUT2D eigenvalue weighted by molar-refractivity contribution is -0.138. The fourth-order valence-electron chi connectivity index (χ4n) is 2.13. The van der Waals surface area contributed by atoms with Crippen molar-refractivity contribution in [3.8, 4) is 0 Å². The van der Waals surface area contributed by atoms with E-state index in [0.717, 1.165) is 18.9 Å². The van der Waals surface area contributed by atoms with Crippen molar-refractivity contribution in [1.82, 2.24) is 5.43 Å². The Balaban J connectivity index is 2.46. The normalized spacial score (nSPS) is 17.4. The van der Waals surface area contributed by atoms with Crippen molar-refractivity contribution >= 4 is 15.9 Å². The molecule has 0 amide bonds. The highest BCUT2D eigenvalue weighted by Crippen LogP contribution is 2.38. The summed E-state index contributed by atoms with van der Waals surface area (Å²) in [4.78, 5) is 0. The summed E-state index contributed by atoms with van der Waals surface area (Å²) in [6.07, 6.45) is -1.06. The van der Waals surface area contributed by atoms with Crippen LogP contribution in [0.4, 0.5) is 13.2 Å². The van der Waals surface area contributed by atoms with Crippen LogP contribution in [0.5, 0.6) is 0 Å². The van der Waals surface area contributed by atoms with Crippen molar-refractivity contribution in [2.75, 3.05) is 6.61 Å². The lowest BCUT2D eigenvalue weighted by Gasteiger charge is -2.26. The number of hydrazine groups is 1. The van der Waals surface area contributed by atoms with E-state index in [1.165, 1.54) is 6.07 Å². The van der Waals surface area contributed by atoms with Crippen LogP contribution < -0.4 is 11.3 Å². The minimum absolute atomic E-state index is 0.0522. The summed E-state index contributed by atoms with van der Waals surface area (Å²) in [5.74, 6) is 5.87. The first-order valence-corrected chi connectivity index (χ1v) is 6.88. The monoisotopic (exact) mass is 350 g/mol. The standard InChI is InChI=1S/C13H14BrF3N2O/c14-8-4-5-9(10(7-8)13(15,16)17)12(19-18)11-3-1-2-6-20-11/h3-5,7,12,19H,1-2,6,18H2. The van der Waals surface area contributed by atoms with Crippen molar-refractivity contribution in [3.05, 3.63) is 45.6 Å². The summed E-state index contributed by atoms with van der Waals surface area (Å²) in [7, 11) is 0. The van der Waals surface area contributed by atoms with E-state index in [4.69, 9.17) is 10.6 Å². The van der Waals surface area contributed by atoms with Crippen LogP contribution in [-0.2, 0) is 10.9 Å². The molecule has 0 spiro atoms. The van der Waals surface area contributed by atoms with Gasteiger partial charge in [0.15, 0.2) is 0 Å². The molecule has 0 fully saturated rings. The van der Waals surface area contributed by atoms with Gasteiger partial charge in [0.1, 0.15) is 11.8 Å². The molecular formula is C13H14BrF3N2O. The Morgan fingerprint density at radius 1 is 1.35 bits per heavy atom. The molecular weight excluding hydrogens is 337 g/mol. The number of allylic oxidation sites excluding steroid dienone is 1. The first kappa shape index (κ1) is 15.3. The van der Waals surface area contributed by atoms with Crippen LogP contribution in [0.1, 0.15) is 30.0 Å². The summed E-state index contributed by atoms with van der Waals surface area (Å²) < 4.78 is 45.2. The molecule has 0 saturated carbocycles. The van der Waals surface area contributed by atoms with Gasteiger partial charge in [-0.1, -0.05) is 22.0 Å². The van der Waals surface area contributed by atoms with E-state index in [0.29, 0.717) is 16.8 Å². The Labute approximate surface area is 123 Å². The van der Waals surface area contributed by atoms with Gasteiger partial charge in [0.25, 0.3) is 0 Å². The number of hydrogen-bond acceptors (Lipinski definition) is 3. The highest BCUT2D eigenvalue weighted by molar-refractivity contribution is 9.10. The third-order valence-electron chi connectivity index (χ3n) is 3.05. The van der Waals surface area contributed by atoms with Gasteiger partial charge in [-0.3, -0.25) is 5.84 Å². The second-order valence-electron chi connectivity index (χ2n) is 4.43. The molecule has 20 heavy (non-hydrogen) atoms. The Kier molecular flexibility index (Phi) is 4.72. The number of halogens is 4. The first-order valence-electron chi connectivity index (χ1n) is 6.09. The number of rotatable bonds is 3. The van der Waals surface area contributed by atoms with Gasteiger partial charge in [-0.05, 0) is 36.6 Å². The molecule has 1 aliphatic rings. The van der Waals surface area contributed by atoms with Crippen molar-refractivity contribution in [2.24, 2.45) is 5.84 Å². The van der Waals surface area contributed by atoms with Crippen molar-refractivity contribution in [3.63, 3.8) is 0 Å². The summed E-state index contributed by atoms with van der Waals surface area (Å²) in [5.41, 5.74) is 1.73. The van der Waals surface area contributed by atoms with Crippen LogP contribution in [0.15, 0.2) is 34.5 Å². The molecule has 1 unspecified atom stereocenters. The van der Waals surface area contributed by atoms with Gasteiger partial charge in [-0.25, -0.2) is 5.43 Å². The maximum atomic E-state index is 13.1. The number of ether oxygens (including phenoxy) is 1. The van der Waals surface area contributed by atoms with Gasteiger partial charge in [0, 0.05) is 4.47 Å². The molecule has 1 heterocycles. The van der Waals surface area contributed by atoms with E-state index in [1.54, 1.807) is 12.1 Å². The predicted octanol–water partition coefficient (Wildman–Crippen LogP) is 3.67. The van der Waals surface area contributed by atoms with E-state index in [9.17, 15) is 13.2 Å². The quantitative estimate of drug-likeness (QED) is 0.645. The van der Waals surface area contributed by atoms with Crippen LogP contribution in [-0.4, -0.2) is 6.61 Å². The zero-order valence-corrected chi connectivity index (χ0v) is 12.1. The summed E-state index contributed by atoms with van der Waals surface area (Å²) in [6, 6.07) is 3.19. The Hall–Kier alpha value is -1.05. The van der Waals surface area contributed by atoms with Gasteiger partial charge >= 0.3 is 6.18 Å². The summed E-state index contributed by atoms with van der Waals surface area (Å²) >= 11 is 3.06. The third kappa shape index (κ3) is 3.34. The van der Waals surface area contributed by atoms with Crippen LogP contribution in [0, 0.1) is 0 Å². The van der Waals surface area contributed by atoms with Crippen LogP contribution >= 0.6 is 15.9 Å².